The van der Waals surface area contributed by atoms with Crippen LogP contribution in [0.4, 0.5) is 0 Å². The molecule has 1 aliphatic rings. The second kappa shape index (κ2) is 7.44. The Kier molecular flexibility index (Phi) is 4.49. The van der Waals surface area contributed by atoms with E-state index in [2.05, 4.69) is 20.5 Å². The van der Waals surface area contributed by atoms with Crippen LogP contribution in [-0.2, 0) is 11.3 Å². The minimum atomic E-state index is -0.207. The highest BCUT2D eigenvalue weighted by molar-refractivity contribution is 7.10. The van der Waals surface area contributed by atoms with Gasteiger partial charge in [-0.15, -0.1) is 21.5 Å². The third-order valence-corrected chi connectivity index (χ3v) is 5.58. The van der Waals surface area contributed by atoms with Crippen LogP contribution >= 0.6 is 11.3 Å². The maximum Gasteiger partial charge on any atom is 0.266 e. The lowest BCUT2D eigenvalue weighted by atomic mass is 10.1. The Morgan fingerprint density at radius 2 is 2.03 bits per heavy atom. The van der Waals surface area contributed by atoms with E-state index in [1.54, 1.807) is 17.6 Å². The van der Waals surface area contributed by atoms with Gasteiger partial charge in [-0.25, -0.2) is 5.01 Å². The number of aromatic nitrogens is 4. The molecule has 0 radical (unpaired) electrons. The van der Waals surface area contributed by atoms with E-state index >= 15 is 0 Å². The van der Waals surface area contributed by atoms with Crippen molar-refractivity contribution in [2.45, 2.75) is 19.0 Å². The average Bonchev–Trinajstić information content (AvgIpc) is 3.55. The first-order chi connectivity index (χ1) is 14.3. The molecule has 144 valence electrons. The molecular formula is C20H16N6O2S. The molecule has 1 aromatic carbocycles. The van der Waals surface area contributed by atoms with Crippen molar-refractivity contribution in [3.8, 4) is 11.4 Å². The molecule has 4 heterocycles. The third-order valence-electron chi connectivity index (χ3n) is 4.60. The Labute approximate surface area is 170 Å². The number of carbonyl (C=O) groups is 1. The number of furan rings is 1. The van der Waals surface area contributed by atoms with Gasteiger partial charge in [0, 0.05) is 16.9 Å². The molecular weight excluding hydrogens is 388 g/mol. The van der Waals surface area contributed by atoms with Gasteiger partial charge in [-0.3, -0.25) is 4.79 Å². The van der Waals surface area contributed by atoms with Crippen LogP contribution in [-0.4, -0.2) is 36.8 Å². The molecule has 0 unspecified atom stereocenters. The summed E-state index contributed by atoms with van der Waals surface area (Å²) in [7, 11) is 0. The zero-order chi connectivity index (χ0) is 19.6. The maximum atomic E-state index is 13.0. The number of thiophene rings is 1. The summed E-state index contributed by atoms with van der Waals surface area (Å²) < 4.78 is 5.48. The highest BCUT2D eigenvalue weighted by Crippen LogP contribution is 2.35. The second-order valence-electron chi connectivity index (χ2n) is 6.51. The van der Waals surface area contributed by atoms with E-state index < -0.39 is 0 Å². The molecule has 0 aliphatic carbocycles. The molecule has 0 fully saturated rings. The molecule has 3 aromatic heterocycles. The van der Waals surface area contributed by atoms with Crippen LogP contribution < -0.4 is 0 Å². The first kappa shape index (κ1) is 17.5. The topological polar surface area (TPSA) is 89.4 Å². The Morgan fingerprint density at radius 1 is 1.14 bits per heavy atom. The number of nitrogens with zero attached hydrogens (tertiary/aromatic N) is 6. The Balaban J connectivity index is 1.39. The number of hydrazone groups is 1. The monoisotopic (exact) mass is 404 g/mol. The van der Waals surface area contributed by atoms with Gasteiger partial charge in [0.25, 0.3) is 5.91 Å². The molecule has 5 rings (SSSR count). The minimum Gasteiger partial charge on any atom is -0.463 e. The third kappa shape index (κ3) is 3.47. The number of hydrogen-bond donors (Lipinski definition) is 0. The highest BCUT2D eigenvalue weighted by atomic mass is 32.1. The van der Waals surface area contributed by atoms with Crippen LogP contribution in [0.2, 0.25) is 0 Å². The van der Waals surface area contributed by atoms with Gasteiger partial charge in [-0.2, -0.15) is 9.90 Å². The summed E-state index contributed by atoms with van der Waals surface area (Å²) in [6.45, 7) is -0.0450. The van der Waals surface area contributed by atoms with E-state index in [-0.39, 0.29) is 18.5 Å². The molecule has 1 atom stereocenters. The Hall–Kier alpha value is -3.59. The fourth-order valence-corrected chi connectivity index (χ4v) is 4.05. The lowest BCUT2D eigenvalue weighted by Gasteiger charge is -2.20. The summed E-state index contributed by atoms with van der Waals surface area (Å²) >= 11 is 1.60. The van der Waals surface area contributed by atoms with Crippen LogP contribution in [0.3, 0.4) is 0 Å². The molecule has 0 bridgehead atoms. The number of rotatable bonds is 5. The van der Waals surface area contributed by atoms with Crippen molar-refractivity contribution in [1.29, 1.82) is 0 Å². The normalized spacial score (nSPS) is 16.2. The van der Waals surface area contributed by atoms with Crippen LogP contribution in [0.15, 0.2) is 75.8 Å². The molecule has 0 saturated heterocycles. The first-order valence-electron chi connectivity index (χ1n) is 9.08. The van der Waals surface area contributed by atoms with Gasteiger partial charge in [0.15, 0.2) is 0 Å². The van der Waals surface area contributed by atoms with Crippen molar-refractivity contribution in [3.05, 3.63) is 76.9 Å². The largest absolute Gasteiger partial charge is 0.463 e. The molecule has 29 heavy (non-hydrogen) atoms. The molecule has 0 spiro atoms. The number of benzene rings is 1. The first-order valence-corrected chi connectivity index (χ1v) is 9.96. The summed E-state index contributed by atoms with van der Waals surface area (Å²) in [5.41, 5.74) is 1.60. The van der Waals surface area contributed by atoms with Crippen molar-refractivity contribution < 1.29 is 9.21 Å². The number of tetrazole rings is 1. The molecule has 0 N–H and O–H groups in total. The Morgan fingerprint density at radius 3 is 2.79 bits per heavy atom. The summed E-state index contributed by atoms with van der Waals surface area (Å²) in [5.74, 6) is 0.948. The van der Waals surface area contributed by atoms with Gasteiger partial charge in [0.2, 0.25) is 5.82 Å². The van der Waals surface area contributed by atoms with Gasteiger partial charge in [0.05, 0.1) is 12.3 Å². The smallest absolute Gasteiger partial charge is 0.266 e. The molecule has 9 heteroatoms. The highest BCUT2D eigenvalue weighted by Gasteiger charge is 2.35. The van der Waals surface area contributed by atoms with Crippen molar-refractivity contribution in [2.75, 3.05) is 0 Å². The summed E-state index contributed by atoms with van der Waals surface area (Å²) in [4.78, 5) is 15.4. The van der Waals surface area contributed by atoms with Crippen molar-refractivity contribution >= 4 is 23.0 Å². The predicted octanol–water partition coefficient (Wildman–Crippen LogP) is 3.37. The van der Waals surface area contributed by atoms with Gasteiger partial charge < -0.3 is 4.42 Å². The zero-order valence-corrected chi connectivity index (χ0v) is 16.1. The summed E-state index contributed by atoms with van der Waals surface area (Å²) in [6, 6.07) is 17.0. The lowest BCUT2D eigenvalue weighted by Crippen LogP contribution is -2.30. The number of amides is 1. The number of carbonyl (C=O) groups excluding carboxylic acids is 1. The van der Waals surface area contributed by atoms with E-state index in [9.17, 15) is 4.79 Å². The van der Waals surface area contributed by atoms with Crippen molar-refractivity contribution in [2.24, 2.45) is 5.10 Å². The molecule has 1 amide bonds. The van der Waals surface area contributed by atoms with Crippen LogP contribution in [0.1, 0.15) is 23.1 Å². The van der Waals surface area contributed by atoms with E-state index in [1.165, 1.54) is 9.81 Å². The van der Waals surface area contributed by atoms with Gasteiger partial charge in [-0.1, -0.05) is 36.4 Å². The molecule has 8 nitrogen and oxygen atoms in total. The maximum absolute atomic E-state index is 13.0. The van der Waals surface area contributed by atoms with Gasteiger partial charge in [0.1, 0.15) is 18.0 Å². The fourth-order valence-electron chi connectivity index (χ4n) is 3.24. The van der Waals surface area contributed by atoms with Gasteiger partial charge in [-0.05, 0) is 28.8 Å². The predicted molar refractivity (Wildman–Crippen MR) is 107 cm³/mol. The second-order valence-corrected chi connectivity index (χ2v) is 7.49. The molecule has 1 aliphatic heterocycles. The van der Waals surface area contributed by atoms with E-state index in [4.69, 9.17) is 4.42 Å². The number of hydrogen-bond acceptors (Lipinski definition) is 7. The standard InChI is InChI=1S/C20H16N6O2S/c27-19(13-25-23-20(21-24-25)14-6-2-1-3-7-14)26-16(18-9-5-11-29-18)12-15(22-26)17-8-4-10-28-17/h1-11,16H,12-13H2/t16-/m0/s1. The quantitative estimate of drug-likeness (QED) is 0.509. The SMILES string of the molecule is O=C(Cn1nnc(-c2ccccc2)n1)N1N=C(c2ccco2)C[C@H]1c1cccs1. The lowest BCUT2D eigenvalue weighted by molar-refractivity contribution is -0.134. The van der Waals surface area contributed by atoms with E-state index in [0.717, 1.165) is 16.2 Å². The molecule has 4 aromatic rings. The van der Waals surface area contributed by atoms with Crippen molar-refractivity contribution in [1.82, 2.24) is 25.2 Å². The Bertz CT molecular complexity index is 1140. The van der Waals surface area contributed by atoms with Crippen LogP contribution in [0, 0.1) is 0 Å². The van der Waals surface area contributed by atoms with E-state index in [1.807, 2.05) is 60.0 Å². The van der Waals surface area contributed by atoms with Crippen LogP contribution in [0.5, 0.6) is 0 Å². The summed E-state index contributed by atoms with van der Waals surface area (Å²) in [5, 5.41) is 20.5. The zero-order valence-electron chi connectivity index (χ0n) is 15.3. The van der Waals surface area contributed by atoms with Crippen LogP contribution in [0.25, 0.3) is 11.4 Å². The van der Waals surface area contributed by atoms with E-state index in [0.29, 0.717) is 18.0 Å². The minimum absolute atomic E-state index is 0.0450. The summed E-state index contributed by atoms with van der Waals surface area (Å²) in [6.07, 6.45) is 2.20. The van der Waals surface area contributed by atoms with Gasteiger partial charge >= 0.3 is 0 Å². The van der Waals surface area contributed by atoms with Crippen molar-refractivity contribution in [3.63, 3.8) is 0 Å². The molecule has 0 saturated carbocycles. The average molecular weight is 404 g/mol. The fraction of sp³-hybridized carbons (Fsp3) is 0.150.